The van der Waals surface area contributed by atoms with Crippen molar-refractivity contribution in [3.05, 3.63) is 42.5 Å². The molecule has 1 aromatic heterocycles. The molecule has 2 amide bonds. The normalized spacial score (nSPS) is 18.0. The minimum absolute atomic E-state index is 0.0436. The quantitative estimate of drug-likeness (QED) is 0.798. The number of piperazine rings is 1. The largest absolute Gasteiger partial charge is 0.352 e. The van der Waals surface area contributed by atoms with E-state index in [9.17, 15) is 9.59 Å². The van der Waals surface area contributed by atoms with Gasteiger partial charge in [0.1, 0.15) is 0 Å². The van der Waals surface area contributed by atoms with Gasteiger partial charge in [-0.15, -0.1) is 10.2 Å². The van der Waals surface area contributed by atoms with E-state index in [0.717, 1.165) is 43.0 Å². The van der Waals surface area contributed by atoms with E-state index in [1.54, 1.807) is 6.92 Å². The Morgan fingerprint density at radius 3 is 2.10 bits per heavy atom. The zero-order valence-electron chi connectivity index (χ0n) is 16.8. The van der Waals surface area contributed by atoms with E-state index < -0.39 is 0 Å². The Hall–Kier alpha value is -2.96. The zero-order valence-corrected chi connectivity index (χ0v) is 16.8. The van der Waals surface area contributed by atoms with Gasteiger partial charge in [-0.05, 0) is 25.0 Å². The van der Waals surface area contributed by atoms with Gasteiger partial charge in [0.15, 0.2) is 5.82 Å². The standard InChI is InChI=1S/C22H27N5O2/c1-17(28)25-11-9-19(10-12-25)22(29)27-15-13-26(14-16-27)21-8-7-20(23-24-21)18-5-3-2-4-6-18/h2-8,19H,9-16H2,1H3. The van der Waals surface area contributed by atoms with E-state index >= 15 is 0 Å². The van der Waals surface area contributed by atoms with Gasteiger partial charge in [0.2, 0.25) is 11.8 Å². The molecule has 0 atom stereocenters. The maximum atomic E-state index is 12.9. The molecule has 0 unspecified atom stereocenters. The minimum atomic E-state index is 0.0436. The van der Waals surface area contributed by atoms with Crippen molar-refractivity contribution in [1.82, 2.24) is 20.0 Å². The Kier molecular flexibility index (Phi) is 5.74. The number of benzene rings is 1. The molecule has 0 bridgehead atoms. The third kappa shape index (κ3) is 4.39. The Bertz CT molecular complexity index is 839. The van der Waals surface area contributed by atoms with Gasteiger partial charge in [0, 0.05) is 57.7 Å². The molecule has 0 spiro atoms. The number of rotatable bonds is 3. The smallest absolute Gasteiger partial charge is 0.225 e. The number of amides is 2. The summed E-state index contributed by atoms with van der Waals surface area (Å²) >= 11 is 0. The molecule has 2 aliphatic rings. The van der Waals surface area contributed by atoms with Crippen LogP contribution in [0.5, 0.6) is 0 Å². The second-order valence-electron chi connectivity index (χ2n) is 7.74. The number of hydrogen-bond acceptors (Lipinski definition) is 5. The molecule has 2 fully saturated rings. The lowest BCUT2D eigenvalue weighted by molar-refractivity contribution is -0.140. The fourth-order valence-electron chi connectivity index (χ4n) is 4.11. The van der Waals surface area contributed by atoms with Crippen LogP contribution in [0.15, 0.2) is 42.5 Å². The van der Waals surface area contributed by atoms with Gasteiger partial charge in [-0.2, -0.15) is 0 Å². The van der Waals surface area contributed by atoms with Gasteiger partial charge in [-0.1, -0.05) is 30.3 Å². The number of carbonyl (C=O) groups excluding carboxylic acids is 2. The number of carbonyl (C=O) groups is 2. The molecule has 0 radical (unpaired) electrons. The molecule has 2 aliphatic heterocycles. The van der Waals surface area contributed by atoms with Crippen molar-refractivity contribution in [1.29, 1.82) is 0 Å². The first-order valence-corrected chi connectivity index (χ1v) is 10.3. The number of piperidine rings is 1. The molecule has 2 aromatic rings. The topological polar surface area (TPSA) is 69.6 Å². The molecule has 4 rings (SSSR count). The Morgan fingerprint density at radius 2 is 1.52 bits per heavy atom. The highest BCUT2D eigenvalue weighted by molar-refractivity contribution is 5.80. The van der Waals surface area contributed by atoms with Crippen molar-refractivity contribution >= 4 is 17.6 Å². The number of nitrogens with zero attached hydrogens (tertiary/aromatic N) is 5. The summed E-state index contributed by atoms with van der Waals surface area (Å²) in [4.78, 5) is 30.3. The summed E-state index contributed by atoms with van der Waals surface area (Å²) in [6.07, 6.45) is 1.54. The molecule has 7 heteroatoms. The van der Waals surface area contributed by atoms with Crippen molar-refractivity contribution in [3.63, 3.8) is 0 Å². The van der Waals surface area contributed by atoms with Crippen LogP contribution in [0.25, 0.3) is 11.3 Å². The van der Waals surface area contributed by atoms with Crippen molar-refractivity contribution < 1.29 is 9.59 Å². The van der Waals surface area contributed by atoms with E-state index in [1.807, 2.05) is 52.3 Å². The predicted molar refractivity (Wildman–Crippen MR) is 111 cm³/mol. The molecule has 29 heavy (non-hydrogen) atoms. The Labute approximate surface area is 171 Å². The van der Waals surface area contributed by atoms with Crippen LogP contribution in [-0.2, 0) is 9.59 Å². The van der Waals surface area contributed by atoms with Crippen LogP contribution < -0.4 is 4.90 Å². The Balaban J connectivity index is 1.30. The van der Waals surface area contributed by atoms with Crippen LogP contribution in [0.4, 0.5) is 5.82 Å². The van der Waals surface area contributed by atoms with Crippen LogP contribution in [0, 0.1) is 5.92 Å². The van der Waals surface area contributed by atoms with Crippen LogP contribution in [0.3, 0.4) is 0 Å². The minimum Gasteiger partial charge on any atom is -0.352 e. The van der Waals surface area contributed by atoms with Gasteiger partial charge in [0.25, 0.3) is 0 Å². The van der Waals surface area contributed by atoms with Gasteiger partial charge in [-0.3, -0.25) is 9.59 Å². The fourth-order valence-corrected chi connectivity index (χ4v) is 4.11. The zero-order chi connectivity index (χ0) is 20.2. The third-order valence-electron chi connectivity index (χ3n) is 5.92. The fraction of sp³-hybridized carbons (Fsp3) is 0.455. The van der Waals surface area contributed by atoms with Crippen molar-refractivity contribution in [3.8, 4) is 11.3 Å². The monoisotopic (exact) mass is 393 g/mol. The first kappa shape index (κ1) is 19.4. The lowest BCUT2D eigenvalue weighted by Crippen LogP contribution is -2.52. The number of likely N-dealkylation sites (tertiary alicyclic amines) is 1. The summed E-state index contributed by atoms with van der Waals surface area (Å²) in [7, 11) is 0. The second-order valence-corrected chi connectivity index (χ2v) is 7.74. The first-order chi connectivity index (χ1) is 14.1. The van der Waals surface area contributed by atoms with E-state index in [4.69, 9.17) is 0 Å². The van der Waals surface area contributed by atoms with Gasteiger partial charge < -0.3 is 14.7 Å². The van der Waals surface area contributed by atoms with Crippen LogP contribution in [0.1, 0.15) is 19.8 Å². The SMILES string of the molecule is CC(=O)N1CCC(C(=O)N2CCN(c3ccc(-c4ccccc4)nn3)CC2)CC1. The van der Waals surface area contributed by atoms with E-state index in [1.165, 1.54) is 0 Å². The average molecular weight is 393 g/mol. The van der Waals surface area contributed by atoms with Crippen molar-refractivity contribution in [2.45, 2.75) is 19.8 Å². The summed E-state index contributed by atoms with van der Waals surface area (Å²) < 4.78 is 0. The number of aromatic nitrogens is 2. The molecule has 3 heterocycles. The van der Waals surface area contributed by atoms with Crippen LogP contribution >= 0.6 is 0 Å². The third-order valence-corrected chi connectivity index (χ3v) is 5.92. The summed E-state index contributed by atoms with van der Waals surface area (Å²) in [6.45, 7) is 5.90. The lowest BCUT2D eigenvalue weighted by atomic mass is 9.95. The first-order valence-electron chi connectivity index (χ1n) is 10.3. The molecule has 2 saturated heterocycles. The van der Waals surface area contributed by atoms with Crippen molar-refractivity contribution in [2.75, 3.05) is 44.2 Å². The van der Waals surface area contributed by atoms with Gasteiger partial charge in [-0.25, -0.2) is 0 Å². The Morgan fingerprint density at radius 1 is 0.828 bits per heavy atom. The van der Waals surface area contributed by atoms with Crippen LogP contribution in [0.2, 0.25) is 0 Å². The second kappa shape index (κ2) is 8.59. The van der Waals surface area contributed by atoms with Crippen LogP contribution in [-0.4, -0.2) is 71.1 Å². The van der Waals surface area contributed by atoms with E-state index in [0.29, 0.717) is 26.2 Å². The summed E-state index contributed by atoms with van der Waals surface area (Å²) in [5.41, 5.74) is 1.91. The molecule has 1 aromatic carbocycles. The number of anilines is 1. The summed E-state index contributed by atoms with van der Waals surface area (Å²) in [5, 5.41) is 8.77. The predicted octanol–water partition coefficient (Wildman–Crippen LogP) is 2.05. The van der Waals surface area contributed by atoms with Gasteiger partial charge >= 0.3 is 0 Å². The highest BCUT2D eigenvalue weighted by Crippen LogP contribution is 2.22. The summed E-state index contributed by atoms with van der Waals surface area (Å²) in [5.74, 6) is 1.23. The van der Waals surface area contributed by atoms with Gasteiger partial charge in [0.05, 0.1) is 5.69 Å². The summed E-state index contributed by atoms with van der Waals surface area (Å²) in [6, 6.07) is 14.0. The molecule has 7 nitrogen and oxygen atoms in total. The molecule has 0 aliphatic carbocycles. The molecule has 0 saturated carbocycles. The highest BCUT2D eigenvalue weighted by Gasteiger charge is 2.31. The number of hydrogen-bond donors (Lipinski definition) is 0. The highest BCUT2D eigenvalue weighted by atomic mass is 16.2. The lowest BCUT2D eigenvalue weighted by Gasteiger charge is -2.38. The molecule has 0 N–H and O–H groups in total. The van der Waals surface area contributed by atoms with E-state index in [2.05, 4.69) is 15.1 Å². The molecular formula is C22H27N5O2. The maximum absolute atomic E-state index is 12.9. The molecular weight excluding hydrogens is 366 g/mol. The van der Waals surface area contributed by atoms with E-state index in [-0.39, 0.29) is 17.7 Å². The maximum Gasteiger partial charge on any atom is 0.225 e. The molecule has 152 valence electrons. The van der Waals surface area contributed by atoms with Crippen molar-refractivity contribution in [2.24, 2.45) is 5.92 Å². The average Bonchev–Trinajstić information content (AvgIpc) is 2.79.